The maximum atomic E-state index is 11.9. The second-order valence-corrected chi connectivity index (χ2v) is 4.98. The van der Waals surface area contributed by atoms with Gasteiger partial charge >= 0.3 is 6.03 Å². The van der Waals surface area contributed by atoms with Crippen LogP contribution in [0.15, 0.2) is 0 Å². The second-order valence-electron chi connectivity index (χ2n) is 4.98. The fourth-order valence-electron chi connectivity index (χ4n) is 2.24. The van der Waals surface area contributed by atoms with Crippen LogP contribution in [0.4, 0.5) is 4.79 Å². The monoisotopic (exact) mass is 196 g/mol. The number of nitrogens with zero attached hydrogens (tertiary/aromatic N) is 2. The van der Waals surface area contributed by atoms with E-state index >= 15 is 0 Å². The van der Waals surface area contributed by atoms with Crippen LogP contribution >= 0.6 is 0 Å². The summed E-state index contributed by atoms with van der Waals surface area (Å²) in [5, 5.41) is 0. The molecule has 0 N–H and O–H groups in total. The summed E-state index contributed by atoms with van der Waals surface area (Å²) in [4.78, 5) is 26.9. The first kappa shape index (κ1) is 9.49. The first-order chi connectivity index (χ1) is 6.43. The van der Waals surface area contributed by atoms with Crippen LogP contribution in [-0.4, -0.2) is 39.9 Å². The lowest BCUT2D eigenvalue weighted by Crippen LogP contribution is -2.46. The van der Waals surface area contributed by atoms with Gasteiger partial charge in [0.05, 0.1) is 0 Å². The average Bonchev–Trinajstić information content (AvgIpc) is 2.54. The third-order valence-electron chi connectivity index (χ3n) is 2.87. The highest BCUT2D eigenvalue weighted by molar-refractivity contribution is 6.05. The zero-order valence-electron chi connectivity index (χ0n) is 8.91. The van der Waals surface area contributed by atoms with Crippen molar-refractivity contribution in [2.75, 3.05) is 6.54 Å². The van der Waals surface area contributed by atoms with E-state index in [1.165, 1.54) is 4.90 Å². The van der Waals surface area contributed by atoms with Crippen LogP contribution in [0.5, 0.6) is 0 Å². The summed E-state index contributed by atoms with van der Waals surface area (Å²) in [6.07, 6.45) is 1.79. The van der Waals surface area contributed by atoms with Crippen molar-refractivity contribution in [2.45, 2.75) is 45.2 Å². The lowest BCUT2D eigenvalue weighted by Gasteiger charge is -2.29. The van der Waals surface area contributed by atoms with Gasteiger partial charge < -0.3 is 4.90 Å². The molecular formula is C10H16N2O2. The highest BCUT2D eigenvalue weighted by Crippen LogP contribution is 2.31. The van der Waals surface area contributed by atoms with Crippen molar-refractivity contribution in [1.82, 2.24) is 9.80 Å². The van der Waals surface area contributed by atoms with Crippen molar-refractivity contribution in [3.05, 3.63) is 0 Å². The summed E-state index contributed by atoms with van der Waals surface area (Å²) in [6.45, 7) is 6.42. The van der Waals surface area contributed by atoms with Gasteiger partial charge in [0.15, 0.2) is 0 Å². The molecule has 0 aromatic carbocycles. The predicted octanol–water partition coefficient (Wildman–Crippen LogP) is 1.21. The molecule has 4 nitrogen and oxygen atoms in total. The van der Waals surface area contributed by atoms with Crippen molar-refractivity contribution in [2.24, 2.45) is 0 Å². The van der Waals surface area contributed by atoms with Crippen molar-refractivity contribution >= 4 is 11.9 Å². The molecule has 0 radical (unpaired) electrons. The smallest absolute Gasteiger partial charge is 0.312 e. The van der Waals surface area contributed by atoms with Crippen LogP contribution in [-0.2, 0) is 4.79 Å². The standard InChI is InChI=1S/C10H16N2O2/c1-10(2,3)12-8(13)7-5-4-6-11(7)9(12)14/h7H,4-6H2,1-3H3. The van der Waals surface area contributed by atoms with E-state index in [4.69, 9.17) is 0 Å². The van der Waals surface area contributed by atoms with Gasteiger partial charge in [0.1, 0.15) is 6.04 Å². The molecule has 78 valence electrons. The number of carbonyl (C=O) groups is 2. The molecule has 4 heteroatoms. The number of imide groups is 1. The van der Waals surface area contributed by atoms with Crippen molar-refractivity contribution in [3.63, 3.8) is 0 Å². The van der Waals surface area contributed by atoms with E-state index in [2.05, 4.69) is 0 Å². The summed E-state index contributed by atoms with van der Waals surface area (Å²) in [5.74, 6) is -0.0139. The third-order valence-corrected chi connectivity index (χ3v) is 2.87. The Balaban J connectivity index is 2.31. The molecule has 2 aliphatic rings. The molecule has 2 aliphatic heterocycles. The highest BCUT2D eigenvalue weighted by atomic mass is 16.2. The molecule has 2 fully saturated rings. The van der Waals surface area contributed by atoms with Gasteiger partial charge in [-0.3, -0.25) is 9.69 Å². The summed E-state index contributed by atoms with van der Waals surface area (Å²) >= 11 is 0. The molecule has 2 saturated heterocycles. The summed E-state index contributed by atoms with van der Waals surface area (Å²) < 4.78 is 0. The maximum absolute atomic E-state index is 11.9. The molecule has 0 spiro atoms. The van der Waals surface area contributed by atoms with E-state index < -0.39 is 5.54 Å². The zero-order chi connectivity index (χ0) is 10.5. The van der Waals surface area contributed by atoms with Gasteiger partial charge in [0.2, 0.25) is 0 Å². The average molecular weight is 196 g/mol. The van der Waals surface area contributed by atoms with Gasteiger partial charge in [0.25, 0.3) is 5.91 Å². The fraction of sp³-hybridized carbons (Fsp3) is 0.800. The Bertz CT molecular complexity index is 271. The SMILES string of the molecule is CC(C)(C)N1C(=O)C2CCCN2C1=O. The molecule has 0 aromatic heterocycles. The Labute approximate surface area is 83.9 Å². The van der Waals surface area contributed by atoms with Crippen LogP contribution in [0.3, 0.4) is 0 Å². The third kappa shape index (κ3) is 1.13. The maximum Gasteiger partial charge on any atom is 0.327 e. The summed E-state index contributed by atoms with van der Waals surface area (Å²) in [6, 6.07) is -0.272. The van der Waals surface area contributed by atoms with Crippen LogP contribution < -0.4 is 0 Å². The van der Waals surface area contributed by atoms with E-state index in [0.29, 0.717) is 0 Å². The highest BCUT2D eigenvalue weighted by Gasteiger charge is 2.50. The first-order valence-electron chi connectivity index (χ1n) is 5.07. The molecule has 3 amide bonds. The van der Waals surface area contributed by atoms with Crippen LogP contribution in [0.2, 0.25) is 0 Å². The molecule has 0 aromatic rings. The molecule has 0 aliphatic carbocycles. The topological polar surface area (TPSA) is 40.6 Å². The Morgan fingerprint density at radius 1 is 1.29 bits per heavy atom. The molecule has 1 unspecified atom stereocenters. The van der Waals surface area contributed by atoms with E-state index in [0.717, 1.165) is 19.4 Å². The van der Waals surface area contributed by atoms with Gasteiger partial charge in [0, 0.05) is 12.1 Å². The van der Waals surface area contributed by atoms with Crippen LogP contribution in [0, 0.1) is 0 Å². The number of rotatable bonds is 0. The number of fused-ring (bicyclic) bond motifs is 1. The molecule has 14 heavy (non-hydrogen) atoms. The van der Waals surface area contributed by atoms with Crippen LogP contribution in [0.1, 0.15) is 33.6 Å². The minimum absolute atomic E-state index is 0.0139. The zero-order valence-corrected chi connectivity index (χ0v) is 8.91. The lowest BCUT2D eigenvalue weighted by atomic mass is 10.1. The molecule has 0 saturated carbocycles. The number of amides is 3. The molecule has 0 bridgehead atoms. The van der Waals surface area contributed by atoms with Gasteiger partial charge in [-0.1, -0.05) is 0 Å². The van der Waals surface area contributed by atoms with Crippen LogP contribution in [0.25, 0.3) is 0 Å². The Kier molecular flexibility index (Phi) is 1.84. The first-order valence-corrected chi connectivity index (χ1v) is 5.07. The normalized spacial score (nSPS) is 27.5. The fourth-order valence-corrected chi connectivity index (χ4v) is 2.24. The summed E-state index contributed by atoms with van der Waals surface area (Å²) in [7, 11) is 0. The van der Waals surface area contributed by atoms with E-state index in [1.807, 2.05) is 20.8 Å². The Morgan fingerprint density at radius 3 is 2.43 bits per heavy atom. The predicted molar refractivity (Wildman–Crippen MR) is 51.7 cm³/mol. The number of carbonyl (C=O) groups excluding carboxylic acids is 2. The van der Waals surface area contributed by atoms with Gasteiger partial charge in [-0.25, -0.2) is 4.79 Å². The van der Waals surface area contributed by atoms with Gasteiger partial charge in [-0.2, -0.15) is 0 Å². The molecular weight excluding hydrogens is 180 g/mol. The number of hydrogen-bond donors (Lipinski definition) is 0. The van der Waals surface area contributed by atoms with E-state index in [-0.39, 0.29) is 18.0 Å². The van der Waals surface area contributed by atoms with Crippen molar-refractivity contribution < 1.29 is 9.59 Å². The Morgan fingerprint density at radius 2 is 1.93 bits per heavy atom. The van der Waals surface area contributed by atoms with Crippen molar-refractivity contribution in [3.8, 4) is 0 Å². The van der Waals surface area contributed by atoms with E-state index in [9.17, 15) is 9.59 Å². The second kappa shape index (κ2) is 2.72. The largest absolute Gasteiger partial charge is 0.327 e. The van der Waals surface area contributed by atoms with Crippen molar-refractivity contribution in [1.29, 1.82) is 0 Å². The molecule has 2 rings (SSSR count). The minimum atomic E-state index is -0.390. The van der Waals surface area contributed by atoms with Gasteiger partial charge in [-0.05, 0) is 33.6 Å². The quantitative estimate of drug-likeness (QED) is 0.546. The molecule has 1 atom stereocenters. The van der Waals surface area contributed by atoms with E-state index in [1.54, 1.807) is 4.90 Å². The molecule has 2 heterocycles. The Hall–Kier alpha value is -1.06. The number of urea groups is 1. The minimum Gasteiger partial charge on any atom is -0.312 e. The lowest BCUT2D eigenvalue weighted by molar-refractivity contribution is -0.131. The summed E-state index contributed by atoms with van der Waals surface area (Å²) in [5.41, 5.74) is -0.390. The number of hydrogen-bond acceptors (Lipinski definition) is 2. The van der Waals surface area contributed by atoms with Gasteiger partial charge in [-0.15, -0.1) is 0 Å².